The van der Waals surface area contributed by atoms with Crippen LogP contribution in [-0.4, -0.2) is 70.3 Å². The first-order chi connectivity index (χ1) is 20.4. The molecule has 4 N–H and O–H groups in total. The van der Waals surface area contributed by atoms with E-state index in [-0.39, 0.29) is 11.9 Å². The molecule has 42 heavy (non-hydrogen) atoms. The molecule has 220 valence electrons. The lowest BCUT2D eigenvalue weighted by Crippen LogP contribution is -2.43. The van der Waals surface area contributed by atoms with Crippen molar-refractivity contribution < 1.29 is 14.1 Å². The molecular weight excluding hydrogens is 532 g/mol. The van der Waals surface area contributed by atoms with Crippen LogP contribution in [0.2, 0.25) is 0 Å². The van der Waals surface area contributed by atoms with Crippen molar-refractivity contribution >= 4 is 23.6 Å². The van der Waals surface area contributed by atoms with Crippen LogP contribution in [-0.2, 0) is 19.5 Å². The zero-order chi connectivity index (χ0) is 29.3. The molecule has 2 aromatic carbocycles. The van der Waals surface area contributed by atoms with E-state index in [1.54, 1.807) is 12.1 Å². The largest absolute Gasteiger partial charge is 0.359 e. The van der Waals surface area contributed by atoms with E-state index in [1.165, 1.54) is 5.56 Å². The van der Waals surface area contributed by atoms with Crippen molar-refractivity contribution in [2.45, 2.75) is 39.3 Å². The lowest BCUT2D eigenvalue weighted by molar-refractivity contribution is 0.102. The van der Waals surface area contributed by atoms with Crippen LogP contribution in [0, 0.1) is 0 Å². The Morgan fingerprint density at radius 2 is 1.67 bits per heavy atom. The quantitative estimate of drug-likeness (QED) is 0.205. The molecule has 3 amide bonds. The number of hydrogen-bond donors (Lipinski definition) is 4. The molecule has 3 heterocycles. The lowest BCUT2D eigenvalue weighted by Gasteiger charge is -2.32. The summed E-state index contributed by atoms with van der Waals surface area (Å²) in [4.78, 5) is 29.8. The van der Waals surface area contributed by atoms with Crippen LogP contribution in [0.15, 0.2) is 65.2 Å². The first-order valence-electron chi connectivity index (χ1n) is 14.4. The number of hydrogen-bond acceptors (Lipinski definition) is 7. The van der Waals surface area contributed by atoms with Gasteiger partial charge in [0.15, 0.2) is 11.6 Å². The second-order valence-electron chi connectivity index (χ2n) is 10.7. The van der Waals surface area contributed by atoms with E-state index in [1.807, 2.05) is 48.5 Å². The zero-order valence-electron chi connectivity index (χ0n) is 24.2. The molecular formula is C31H38N8O3. The Bertz CT molecular complexity index is 1450. The number of urea groups is 1. The van der Waals surface area contributed by atoms with Crippen LogP contribution < -0.4 is 16.0 Å². The Hall–Kier alpha value is -4.48. The molecule has 0 spiro atoms. The van der Waals surface area contributed by atoms with E-state index in [0.29, 0.717) is 23.7 Å². The van der Waals surface area contributed by atoms with Crippen molar-refractivity contribution in [3.63, 3.8) is 0 Å². The van der Waals surface area contributed by atoms with Gasteiger partial charge in [-0.3, -0.25) is 20.1 Å². The summed E-state index contributed by atoms with van der Waals surface area (Å²) >= 11 is 0. The number of H-pyrrole nitrogens is 1. The number of nitrogens with zero attached hydrogens (tertiary/aromatic N) is 4. The number of nitrogens with one attached hydrogen (secondary N) is 4. The van der Waals surface area contributed by atoms with E-state index in [2.05, 4.69) is 55.1 Å². The fraction of sp³-hybridized carbons (Fsp3) is 0.355. The fourth-order valence-corrected chi connectivity index (χ4v) is 4.73. The zero-order valence-corrected chi connectivity index (χ0v) is 24.2. The Kier molecular flexibility index (Phi) is 9.62. The molecule has 11 heteroatoms. The number of likely N-dealkylation sites (N-methyl/N-ethyl adjacent to an activating group) is 1. The van der Waals surface area contributed by atoms with Crippen LogP contribution in [0.1, 0.15) is 47.0 Å². The van der Waals surface area contributed by atoms with Crippen molar-refractivity contribution in [3.8, 4) is 11.3 Å². The molecule has 0 aliphatic carbocycles. The molecule has 11 nitrogen and oxygen atoms in total. The molecule has 2 aromatic heterocycles. The number of amides is 3. The number of unbranched alkanes of at least 4 members (excludes halogenated alkanes) is 1. The first-order valence-corrected chi connectivity index (χ1v) is 14.4. The van der Waals surface area contributed by atoms with Crippen molar-refractivity contribution in [2.75, 3.05) is 43.9 Å². The van der Waals surface area contributed by atoms with Gasteiger partial charge in [0.2, 0.25) is 0 Å². The molecule has 1 aliphatic rings. The maximum atomic E-state index is 12.8. The van der Waals surface area contributed by atoms with Gasteiger partial charge in [-0.25, -0.2) is 4.79 Å². The van der Waals surface area contributed by atoms with Crippen LogP contribution in [0.4, 0.5) is 16.4 Å². The smallest absolute Gasteiger partial charge is 0.320 e. The summed E-state index contributed by atoms with van der Waals surface area (Å²) in [5, 5.41) is 19.5. The summed E-state index contributed by atoms with van der Waals surface area (Å²) in [6.45, 7) is 7.63. The number of piperazine rings is 1. The van der Waals surface area contributed by atoms with Gasteiger partial charge in [-0.1, -0.05) is 54.9 Å². The average molecular weight is 571 g/mol. The maximum absolute atomic E-state index is 12.8. The minimum Gasteiger partial charge on any atom is -0.359 e. The van der Waals surface area contributed by atoms with Crippen molar-refractivity contribution in [1.29, 1.82) is 0 Å². The van der Waals surface area contributed by atoms with Gasteiger partial charge < -0.3 is 20.1 Å². The van der Waals surface area contributed by atoms with Crippen molar-refractivity contribution in [1.82, 2.24) is 30.5 Å². The van der Waals surface area contributed by atoms with E-state index in [4.69, 9.17) is 4.52 Å². The number of anilines is 2. The fourth-order valence-electron chi connectivity index (χ4n) is 4.73. The maximum Gasteiger partial charge on any atom is 0.320 e. The Balaban J connectivity index is 1.08. The monoisotopic (exact) mass is 570 g/mol. The van der Waals surface area contributed by atoms with Gasteiger partial charge in [-0.2, -0.15) is 5.10 Å². The van der Waals surface area contributed by atoms with Crippen LogP contribution in [0.25, 0.3) is 11.3 Å². The second-order valence-corrected chi connectivity index (χ2v) is 10.7. The molecule has 5 rings (SSSR count). The van der Waals surface area contributed by atoms with E-state index in [0.717, 1.165) is 74.6 Å². The minimum atomic E-state index is -0.354. The molecule has 1 saturated heterocycles. The molecule has 0 bridgehead atoms. The summed E-state index contributed by atoms with van der Waals surface area (Å²) in [6, 6.07) is 18.7. The highest BCUT2D eigenvalue weighted by Gasteiger charge is 2.15. The molecule has 0 atom stereocenters. The van der Waals surface area contributed by atoms with E-state index in [9.17, 15) is 9.59 Å². The first kappa shape index (κ1) is 29.0. The van der Waals surface area contributed by atoms with Gasteiger partial charge in [0.05, 0.1) is 5.69 Å². The predicted molar refractivity (Wildman–Crippen MR) is 162 cm³/mol. The summed E-state index contributed by atoms with van der Waals surface area (Å²) in [6.07, 6.45) is 2.87. The number of aromatic nitrogens is 3. The van der Waals surface area contributed by atoms with Gasteiger partial charge in [0.1, 0.15) is 5.76 Å². The normalized spacial score (nSPS) is 14.0. The molecule has 1 fully saturated rings. The molecule has 0 saturated carbocycles. The van der Waals surface area contributed by atoms with Gasteiger partial charge in [0.25, 0.3) is 5.91 Å². The molecule has 0 radical (unpaired) electrons. The third-order valence-electron chi connectivity index (χ3n) is 7.33. The molecule has 0 unspecified atom stereocenters. The Labute approximate surface area is 245 Å². The van der Waals surface area contributed by atoms with E-state index < -0.39 is 0 Å². The lowest BCUT2D eigenvalue weighted by atomic mass is 10.1. The number of rotatable bonds is 11. The van der Waals surface area contributed by atoms with Crippen molar-refractivity contribution in [2.24, 2.45) is 0 Å². The van der Waals surface area contributed by atoms with Gasteiger partial charge in [-0.15, -0.1) is 0 Å². The number of aryl methyl sites for hydroxylation is 1. The predicted octanol–water partition coefficient (Wildman–Crippen LogP) is 4.73. The third-order valence-corrected chi connectivity index (χ3v) is 7.33. The standard InChI is InChI=1S/C31H38N8O3/c1-3-4-5-26-18-29(37-42-26)34-31(41)32-20-22-6-10-24(11-7-22)27-19-28(36-35-27)33-30(40)25-12-8-23(9-13-25)21-39-16-14-38(2)15-17-39/h6-13,18-19H,3-5,14-17,20-21H2,1-2H3,(H2,32,34,37,41)(H2,33,35,36,40). The van der Waals surface area contributed by atoms with Crippen molar-refractivity contribution in [3.05, 3.63) is 83.1 Å². The number of aromatic amines is 1. The number of benzene rings is 2. The summed E-state index contributed by atoms with van der Waals surface area (Å²) in [5.74, 6) is 1.40. The Morgan fingerprint density at radius 3 is 2.40 bits per heavy atom. The van der Waals surface area contributed by atoms with Crippen LogP contribution >= 0.6 is 0 Å². The second kappa shape index (κ2) is 13.9. The SMILES string of the molecule is CCCCc1cc(NC(=O)NCc2ccc(-c3cc(NC(=O)c4ccc(CN5CCN(C)CC5)cc4)n[nH]3)cc2)no1. The summed E-state index contributed by atoms with van der Waals surface area (Å²) in [7, 11) is 2.15. The number of carbonyl (C=O) groups excluding carboxylic acids is 2. The summed E-state index contributed by atoms with van der Waals surface area (Å²) in [5.41, 5.74) is 4.40. The van der Waals surface area contributed by atoms with Crippen LogP contribution in [0.5, 0.6) is 0 Å². The molecule has 1 aliphatic heterocycles. The van der Waals surface area contributed by atoms with Crippen LogP contribution in [0.3, 0.4) is 0 Å². The topological polar surface area (TPSA) is 131 Å². The van der Waals surface area contributed by atoms with Gasteiger partial charge in [-0.05, 0) is 42.3 Å². The number of carbonyl (C=O) groups is 2. The van der Waals surface area contributed by atoms with Gasteiger partial charge >= 0.3 is 6.03 Å². The highest BCUT2D eigenvalue weighted by atomic mass is 16.5. The minimum absolute atomic E-state index is 0.207. The third kappa shape index (κ3) is 8.05. The van der Waals surface area contributed by atoms with Gasteiger partial charge in [0, 0.05) is 63.4 Å². The average Bonchev–Trinajstić information content (AvgIpc) is 3.66. The molecule has 4 aromatic rings. The van der Waals surface area contributed by atoms with E-state index >= 15 is 0 Å². The summed E-state index contributed by atoms with van der Waals surface area (Å²) < 4.78 is 5.23. The highest BCUT2D eigenvalue weighted by Crippen LogP contribution is 2.21. The highest BCUT2D eigenvalue weighted by molar-refractivity contribution is 6.04. The Morgan fingerprint density at radius 1 is 0.929 bits per heavy atom.